The van der Waals surface area contributed by atoms with Gasteiger partial charge in [-0.3, -0.25) is 14.8 Å². The molecular weight excluding hydrogens is 477 g/mol. The molecule has 0 saturated heterocycles. The van der Waals surface area contributed by atoms with E-state index in [1.54, 1.807) is 30.5 Å². The van der Waals surface area contributed by atoms with Crippen LogP contribution in [0, 0.1) is 0 Å². The van der Waals surface area contributed by atoms with E-state index in [1.807, 2.05) is 25.1 Å². The van der Waals surface area contributed by atoms with E-state index in [0.29, 0.717) is 30.2 Å². The van der Waals surface area contributed by atoms with Gasteiger partial charge in [0.1, 0.15) is 0 Å². The summed E-state index contributed by atoms with van der Waals surface area (Å²) in [6, 6.07) is 12.8. The molecule has 0 radical (unpaired) electrons. The molecule has 1 aromatic carbocycles. The van der Waals surface area contributed by atoms with E-state index < -0.39 is 0 Å². The second-order valence-corrected chi connectivity index (χ2v) is 5.90. The first-order chi connectivity index (χ1) is 12.7. The van der Waals surface area contributed by atoms with Crippen LogP contribution in [0.5, 0.6) is 0 Å². The molecule has 0 bridgehead atoms. The van der Waals surface area contributed by atoms with E-state index in [4.69, 9.17) is 11.6 Å². The van der Waals surface area contributed by atoms with Crippen molar-refractivity contribution in [3.05, 3.63) is 64.9 Å². The molecule has 0 fully saturated rings. The Hall–Kier alpha value is -1.87. The summed E-state index contributed by atoms with van der Waals surface area (Å²) in [4.78, 5) is 20.9. The Morgan fingerprint density at radius 3 is 2.52 bits per heavy atom. The summed E-state index contributed by atoms with van der Waals surface area (Å²) >= 11 is 6.02. The number of benzene rings is 1. The van der Waals surface area contributed by atoms with Crippen LogP contribution < -0.4 is 16.0 Å². The Bertz CT molecular complexity index is 727. The van der Waals surface area contributed by atoms with Crippen molar-refractivity contribution in [3.63, 3.8) is 0 Å². The Labute approximate surface area is 182 Å². The highest BCUT2D eigenvalue weighted by Crippen LogP contribution is 2.14. The minimum Gasteiger partial charge on any atom is -0.357 e. The summed E-state index contributed by atoms with van der Waals surface area (Å²) in [5.74, 6) is 0.532. The number of hydrogen-bond acceptors (Lipinski definition) is 3. The number of aliphatic imine (C=N–C) groups is 1. The van der Waals surface area contributed by atoms with E-state index in [0.717, 1.165) is 24.6 Å². The zero-order chi connectivity index (χ0) is 18.6. The number of amides is 1. The molecule has 1 amide bonds. The molecule has 0 atom stereocenters. The summed E-state index contributed by atoms with van der Waals surface area (Å²) in [6.07, 6.45) is 2.56. The second kappa shape index (κ2) is 13.3. The maximum Gasteiger partial charge on any atom is 0.252 e. The predicted molar refractivity (Wildman–Crippen MR) is 121 cm³/mol. The predicted octanol–water partition coefficient (Wildman–Crippen LogP) is 2.88. The zero-order valence-electron chi connectivity index (χ0n) is 15.2. The van der Waals surface area contributed by atoms with Crippen molar-refractivity contribution in [1.29, 1.82) is 0 Å². The average molecular weight is 502 g/mol. The first kappa shape index (κ1) is 23.2. The van der Waals surface area contributed by atoms with Gasteiger partial charge in [-0.15, -0.1) is 24.0 Å². The molecule has 2 rings (SSSR count). The van der Waals surface area contributed by atoms with Gasteiger partial charge in [0.2, 0.25) is 0 Å². The molecule has 1 heterocycles. The lowest BCUT2D eigenvalue weighted by atomic mass is 10.2. The van der Waals surface area contributed by atoms with Gasteiger partial charge < -0.3 is 16.0 Å². The Morgan fingerprint density at radius 2 is 1.81 bits per heavy atom. The largest absolute Gasteiger partial charge is 0.357 e. The number of aromatic nitrogens is 1. The standard InChI is InChI=1S/C19H24ClN5O.HI/c1-2-21-19(24-12-10-15-7-5-6-11-22-15)25-14-13-23-18(26)16-8-3-4-9-17(16)20;/h3-9,11H,2,10,12-14H2,1H3,(H,23,26)(H2,21,24,25);1H. The molecule has 1 aromatic heterocycles. The summed E-state index contributed by atoms with van der Waals surface area (Å²) in [5, 5.41) is 9.67. The van der Waals surface area contributed by atoms with Crippen LogP contribution in [0.3, 0.4) is 0 Å². The third kappa shape index (κ3) is 8.57. The van der Waals surface area contributed by atoms with Gasteiger partial charge in [-0.1, -0.05) is 29.8 Å². The number of halogens is 2. The summed E-state index contributed by atoms with van der Waals surface area (Å²) in [7, 11) is 0. The molecule has 2 aromatic rings. The van der Waals surface area contributed by atoms with Crippen LogP contribution in [0.2, 0.25) is 5.02 Å². The number of guanidine groups is 1. The molecule has 146 valence electrons. The van der Waals surface area contributed by atoms with Gasteiger partial charge >= 0.3 is 0 Å². The molecule has 27 heavy (non-hydrogen) atoms. The Morgan fingerprint density at radius 1 is 1.07 bits per heavy atom. The lowest BCUT2D eigenvalue weighted by Gasteiger charge is -2.12. The van der Waals surface area contributed by atoms with Gasteiger partial charge in [0.05, 0.1) is 10.6 Å². The number of nitrogens with one attached hydrogen (secondary N) is 3. The van der Waals surface area contributed by atoms with E-state index >= 15 is 0 Å². The van der Waals surface area contributed by atoms with E-state index in [9.17, 15) is 4.79 Å². The minimum atomic E-state index is -0.186. The van der Waals surface area contributed by atoms with E-state index in [-0.39, 0.29) is 29.9 Å². The third-order valence-electron chi connectivity index (χ3n) is 3.53. The molecule has 0 aliphatic heterocycles. The van der Waals surface area contributed by atoms with E-state index in [1.165, 1.54) is 0 Å². The summed E-state index contributed by atoms with van der Waals surface area (Å²) in [6.45, 7) is 4.44. The first-order valence-electron chi connectivity index (χ1n) is 8.65. The molecular formula is C19H25ClIN5O. The summed E-state index contributed by atoms with van der Waals surface area (Å²) < 4.78 is 0. The van der Waals surface area contributed by atoms with Crippen molar-refractivity contribution in [2.24, 2.45) is 4.99 Å². The Kier molecular flexibility index (Phi) is 11.4. The van der Waals surface area contributed by atoms with Gasteiger partial charge in [-0.05, 0) is 31.2 Å². The van der Waals surface area contributed by atoms with Crippen LogP contribution in [0.1, 0.15) is 23.0 Å². The van der Waals surface area contributed by atoms with Crippen molar-refractivity contribution >= 4 is 47.4 Å². The number of carbonyl (C=O) groups is 1. The summed E-state index contributed by atoms with van der Waals surface area (Å²) in [5.41, 5.74) is 1.49. The van der Waals surface area contributed by atoms with Crippen molar-refractivity contribution in [2.75, 3.05) is 26.2 Å². The van der Waals surface area contributed by atoms with Gasteiger partial charge in [-0.2, -0.15) is 0 Å². The number of hydrogen-bond donors (Lipinski definition) is 3. The number of rotatable bonds is 8. The maximum atomic E-state index is 12.1. The minimum absolute atomic E-state index is 0. The van der Waals surface area contributed by atoms with Gasteiger partial charge in [-0.25, -0.2) is 0 Å². The molecule has 0 aliphatic rings. The number of nitrogens with zero attached hydrogens (tertiary/aromatic N) is 2. The van der Waals surface area contributed by atoms with Crippen LogP contribution in [0.4, 0.5) is 0 Å². The highest BCUT2D eigenvalue weighted by atomic mass is 127. The fraction of sp³-hybridized carbons (Fsp3) is 0.316. The van der Waals surface area contributed by atoms with Crippen molar-refractivity contribution in [2.45, 2.75) is 13.3 Å². The van der Waals surface area contributed by atoms with Crippen LogP contribution in [-0.4, -0.2) is 43.0 Å². The lowest BCUT2D eigenvalue weighted by Crippen LogP contribution is -2.41. The van der Waals surface area contributed by atoms with E-state index in [2.05, 4.69) is 25.9 Å². The molecule has 0 unspecified atom stereocenters. The molecule has 3 N–H and O–H groups in total. The van der Waals surface area contributed by atoms with Crippen LogP contribution in [0.15, 0.2) is 53.7 Å². The van der Waals surface area contributed by atoms with Crippen LogP contribution in [-0.2, 0) is 6.42 Å². The fourth-order valence-electron chi connectivity index (χ4n) is 2.27. The van der Waals surface area contributed by atoms with Crippen molar-refractivity contribution in [1.82, 2.24) is 20.9 Å². The SMILES string of the molecule is CCNC(=NCCc1ccccn1)NCCNC(=O)c1ccccc1Cl.I. The first-order valence-corrected chi connectivity index (χ1v) is 9.03. The fourth-order valence-corrected chi connectivity index (χ4v) is 2.49. The number of pyridine rings is 1. The van der Waals surface area contributed by atoms with Gasteiger partial charge in [0, 0.05) is 44.5 Å². The molecule has 0 spiro atoms. The molecule has 6 nitrogen and oxygen atoms in total. The van der Waals surface area contributed by atoms with Gasteiger partial charge in [0.25, 0.3) is 5.91 Å². The smallest absolute Gasteiger partial charge is 0.252 e. The monoisotopic (exact) mass is 501 g/mol. The normalized spacial score (nSPS) is 10.7. The zero-order valence-corrected chi connectivity index (χ0v) is 18.3. The average Bonchev–Trinajstić information content (AvgIpc) is 2.66. The maximum absolute atomic E-state index is 12.1. The topological polar surface area (TPSA) is 78.4 Å². The quantitative estimate of drug-likeness (QED) is 0.225. The lowest BCUT2D eigenvalue weighted by molar-refractivity contribution is 0.0954. The van der Waals surface area contributed by atoms with Gasteiger partial charge in [0.15, 0.2) is 5.96 Å². The highest BCUT2D eigenvalue weighted by molar-refractivity contribution is 14.0. The van der Waals surface area contributed by atoms with Crippen LogP contribution >= 0.6 is 35.6 Å². The molecule has 0 aliphatic carbocycles. The molecule has 8 heteroatoms. The second-order valence-electron chi connectivity index (χ2n) is 5.49. The highest BCUT2D eigenvalue weighted by Gasteiger charge is 2.08. The van der Waals surface area contributed by atoms with Crippen LogP contribution in [0.25, 0.3) is 0 Å². The van der Waals surface area contributed by atoms with Crippen molar-refractivity contribution in [3.8, 4) is 0 Å². The van der Waals surface area contributed by atoms with Crippen molar-refractivity contribution < 1.29 is 4.79 Å². The number of carbonyl (C=O) groups excluding carboxylic acids is 1. The Balaban J connectivity index is 0.00000364. The molecule has 0 saturated carbocycles. The third-order valence-corrected chi connectivity index (χ3v) is 3.86.